The number of carbonyl (C=O) groups is 1. The van der Waals surface area contributed by atoms with Crippen molar-refractivity contribution in [3.8, 4) is 0 Å². The van der Waals surface area contributed by atoms with E-state index >= 15 is 0 Å². The maximum absolute atomic E-state index is 11.7. The van der Waals surface area contributed by atoms with Gasteiger partial charge >= 0.3 is 0 Å². The Bertz CT molecular complexity index is 380. The molecule has 17 heavy (non-hydrogen) atoms. The topological polar surface area (TPSA) is 45.2 Å². The molecule has 1 saturated heterocycles. The summed E-state index contributed by atoms with van der Waals surface area (Å²) in [5.74, 6) is 0.318. The van der Waals surface area contributed by atoms with Crippen LogP contribution in [0.25, 0.3) is 0 Å². The van der Waals surface area contributed by atoms with Crippen molar-refractivity contribution in [2.75, 3.05) is 6.54 Å². The molecule has 1 atom stereocenters. The minimum Gasteiger partial charge on any atom is -0.338 e. The number of nitrogens with zero attached hydrogens (tertiary/aromatic N) is 2. The van der Waals surface area contributed by atoms with E-state index in [0.29, 0.717) is 24.4 Å². The first-order valence-electron chi connectivity index (χ1n) is 5.73. The van der Waals surface area contributed by atoms with Gasteiger partial charge in [0.25, 0.3) is 0 Å². The summed E-state index contributed by atoms with van der Waals surface area (Å²) in [6.07, 6.45) is 3.05. The summed E-state index contributed by atoms with van der Waals surface area (Å²) >= 11 is 1.61. The van der Waals surface area contributed by atoms with Crippen molar-refractivity contribution in [2.45, 2.75) is 37.9 Å². The Balaban J connectivity index is 0.00000108. The highest BCUT2D eigenvalue weighted by Crippen LogP contribution is 2.30. The Morgan fingerprint density at radius 1 is 1.53 bits per heavy atom. The van der Waals surface area contributed by atoms with Gasteiger partial charge in [0.05, 0.1) is 11.2 Å². The van der Waals surface area contributed by atoms with Gasteiger partial charge in [0.2, 0.25) is 5.91 Å². The molecule has 2 heterocycles. The van der Waals surface area contributed by atoms with Crippen molar-refractivity contribution in [2.24, 2.45) is 0 Å². The summed E-state index contributed by atoms with van der Waals surface area (Å²) in [6.45, 7) is 1.66. The van der Waals surface area contributed by atoms with Crippen LogP contribution < -0.4 is 5.32 Å². The monoisotopic (exact) mass is 273 g/mol. The number of thiazole rings is 1. The van der Waals surface area contributed by atoms with Gasteiger partial charge in [-0.15, -0.1) is 23.7 Å². The van der Waals surface area contributed by atoms with Crippen LogP contribution in [-0.2, 0) is 11.3 Å². The zero-order valence-corrected chi connectivity index (χ0v) is 11.1. The van der Waals surface area contributed by atoms with E-state index in [2.05, 4.69) is 10.3 Å². The molecule has 1 N–H and O–H groups in total. The summed E-state index contributed by atoms with van der Waals surface area (Å²) in [7, 11) is 0. The van der Waals surface area contributed by atoms with Crippen LogP contribution in [0, 0.1) is 0 Å². The molecule has 94 valence electrons. The number of nitrogens with one attached hydrogen (secondary N) is 1. The molecule has 1 aromatic rings. The van der Waals surface area contributed by atoms with Crippen molar-refractivity contribution in [3.63, 3.8) is 0 Å². The number of hydrogen-bond donors (Lipinski definition) is 1. The first-order chi connectivity index (χ1) is 7.83. The molecule has 1 aromatic heterocycles. The largest absolute Gasteiger partial charge is 0.338 e. The highest BCUT2D eigenvalue weighted by molar-refractivity contribution is 7.07. The molecule has 0 spiro atoms. The van der Waals surface area contributed by atoms with Crippen molar-refractivity contribution >= 4 is 29.7 Å². The molecular weight excluding hydrogens is 258 g/mol. The van der Waals surface area contributed by atoms with Gasteiger partial charge in [0.15, 0.2) is 0 Å². The third kappa shape index (κ3) is 2.97. The molecule has 3 rings (SSSR count). The molecule has 1 amide bonds. The van der Waals surface area contributed by atoms with E-state index in [1.54, 1.807) is 11.3 Å². The second-order valence-corrected chi connectivity index (χ2v) is 5.26. The maximum atomic E-state index is 11.7. The van der Waals surface area contributed by atoms with Crippen LogP contribution in [0.3, 0.4) is 0 Å². The number of rotatable bonds is 4. The quantitative estimate of drug-likeness (QED) is 0.902. The first-order valence-corrected chi connectivity index (χ1v) is 6.67. The van der Waals surface area contributed by atoms with Crippen LogP contribution in [0.5, 0.6) is 0 Å². The first kappa shape index (κ1) is 12.8. The van der Waals surface area contributed by atoms with Crippen molar-refractivity contribution < 1.29 is 4.79 Å². The molecule has 4 nitrogen and oxygen atoms in total. The van der Waals surface area contributed by atoms with E-state index in [1.165, 1.54) is 12.8 Å². The average Bonchev–Trinajstić information content (AvgIpc) is 2.85. The van der Waals surface area contributed by atoms with Crippen LogP contribution in [0.1, 0.15) is 25.0 Å². The highest BCUT2D eigenvalue weighted by atomic mass is 35.5. The van der Waals surface area contributed by atoms with Crippen molar-refractivity contribution in [3.05, 3.63) is 16.6 Å². The Kier molecular flexibility index (Phi) is 4.01. The molecule has 6 heteroatoms. The summed E-state index contributed by atoms with van der Waals surface area (Å²) in [5.41, 5.74) is 2.91. The van der Waals surface area contributed by atoms with E-state index in [0.717, 1.165) is 18.8 Å². The predicted octanol–water partition coefficient (Wildman–Crippen LogP) is 1.42. The molecule has 1 aliphatic carbocycles. The number of carbonyl (C=O) groups excluding carboxylic acids is 1. The molecule has 1 aliphatic heterocycles. The number of aromatic nitrogens is 1. The lowest BCUT2D eigenvalue weighted by molar-refractivity contribution is -0.128. The third-order valence-corrected chi connectivity index (χ3v) is 3.84. The van der Waals surface area contributed by atoms with E-state index in [-0.39, 0.29) is 12.4 Å². The lowest BCUT2D eigenvalue weighted by Crippen LogP contribution is -2.33. The van der Waals surface area contributed by atoms with Crippen LogP contribution in [0.2, 0.25) is 0 Å². The average molecular weight is 274 g/mol. The Labute approximate surface area is 111 Å². The SMILES string of the molecule is Cl.O=C1CC(NCc2cscn2)CN1C1CC1. The zero-order valence-electron chi connectivity index (χ0n) is 9.46. The van der Waals surface area contributed by atoms with Crippen molar-refractivity contribution in [1.82, 2.24) is 15.2 Å². The Hall–Kier alpha value is -0.650. The van der Waals surface area contributed by atoms with Crippen LogP contribution in [0.4, 0.5) is 0 Å². The molecule has 0 radical (unpaired) electrons. The summed E-state index contributed by atoms with van der Waals surface area (Å²) in [5, 5.41) is 5.45. The number of halogens is 1. The van der Waals surface area contributed by atoms with E-state index in [1.807, 2.05) is 15.8 Å². The number of hydrogen-bond acceptors (Lipinski definition) is 4. The van der Waals surface area contributed by atoms with Gasteiger partial charge < -0.3 is 10.2 Å². The molecular formula is C11H16ClN3OS. The second kappa shape index (κ2) is 5.33. The Morgan fingerprint density at radius 3 is 3.00 bits per heavy atom. The maximum Gasteiger partial charge on any atom is 0.224 e. The summed E-state index contributed by atoms with van der Waals surface area (Å²) < 4.78 is 0. The van der Waals surface area contributed by atoms with Gasteiger partial charge in [-0.05, 0) is 12.8 Å². The predicted molar refractivity (Wildman–Crippen MR) is 69.3 cm³/mol. The lowest BCUT2D eigenvalue weighted by Gasteiger charge is -2.15. The molecule has 0 bridgehead atoms. The minimum absolute atomic E-state index is 0. The van der Waals surface area contributed by atoms with Gasteiger partial charge in [0, 0.05) is 37.0 Å². The van der Waals surface area contributed by atoms with E-state index < -0.39 is 0 Å². The summed E-state index contributed by atoms with van der Waals surface area (Å²) in [6, 6.07) is 0.869. The van der Waals surface area contributed by atoms with Gasteiger partial charge in [-0.2, -0.15) is 0 Å². The van der Waals surface area contributed by atoms with Crippen LogP contribution in [-0.4, -0.2) is 34.4 Å². The standard InChI is InChI=1S/C11H15N3OS.ClH/c15-11-3-8(5-14(11)10-1-2-10)12-4-9-6-16-7-13-9;/h6-8,10,12H,1-5H2;1H. The lowest BCUT2D eigenvalue weighted by atomic mass is 10.2. The third-order valence-electron chi connectivity index (χ3n) is 3.20. The molecule has 0 aromatic carbocycles. The fourth-order valence-electron chi connectivity index (χ4n) is 2.18. The zero-order chi connectivity index (χ0) is 11.0. The molecule has 2 aliphatic rings. The van der Waals surface area contributed by atoms with Crippen LogP contribution >= 0.6 is 23.7 Å². The van der Waals surface area contributed by atoms with E-state index in [9.17, 15) is 4.79 Å². The van der Waals surface area contributed by atoms with Gasteiger partial charge in [0.1, 0.15) is 0 Å². The second-order valence-electron chi connectivity index (χ2n) is 4.54. The highest BCUT2D eigenvalue weighted by Gasteiger charge is 2.38. The fraction of sp³-hybridized carbons (Fsp3) is 0.636. The van der Waals surface area contributed by atoms with Gasteiger partial charge in [-0.25, -0.2) is 4.98 Å². The van der Waals surface area contributed by atoms with Gasteiger partial charge in [-0.3, -0.25) is 4.79 Å². The minimum atomic E-state index is 0. The fourth-order valence-corrected chi connectivity index (χ4v) is 2.74. The number of likely N-dealkylation sites (tertiary alicyclic amines) is 1. The Morgan fingerprint density at radius 2 is 2.35 bits per heavy atom. The molecule has 1 saturated carbocycles. The summed E-state index contributed by atoms with van der Waals surface area (Å²) in [4.78, 5) is 18.0. The van der Waals surface area contributed by atoms with Crippen molar-refractivity contribution in [1.29, 1.82) is 0 Å². The van der Waals surface area contributed by atoms with Gasteiger partial charge in [-0.1, -0.05) is 0 Å². The van der Waals surface area contributed by atoms with E-state index in [4.69, 9.17) is 0 Å². The number of amides is 1. The van der Waals surface area contributed by atoms with Crippen LogP contribution in [0.15, 0.2) is 10.9 Å². The smallest absolute Gasteiger partial charge is 0.224 e. The molecule has 2 fully saturated rings. The normalized spacial score (nSPS) is 23.9. The molecule has 1 unspecified atom stereocenters.